The second-order valence-electron chi connectivity index (χ2n) is 14.1. The van der Waals surface area contributed by atoms with Crippen LogP contribution in [0.4, 0.5) is 0 Å². The Labute approximate surface area is 289 Å². The SMILES string of the molecule is CC(=O)NC(C)(C)C(=O)N1CCC(C(=O)N2CCC(N3CCN(C(=O)c4cc(-c5ccccc5)nc(-c5ccccc5)c4)CC3)CC2)CC1. The molecule has 3 aliphatic rings. The Morgan fingerprint density at radius 3 is 1.69 bits per heavy atom. The number of amides is 4. The Hall–Kier alpha value is -4.57. The van der Waals surface area contributed by atoms with Gasteiger partial charge in [0.1, 0.15) is 5.54 Å². The minimum Gasteiger partial charge on any atom is -0.342 e. The van der Waals surface area contributed by atoms with Gasteiger partial charge in [0.25, 0.3) is 5.91 Å². The fraction of sp³-hybridized carbons (Fsp3) is 0.462. The highest BCUT2D eigenvalue weighted by Crippen LogP contribution is 2.28. The first-order valence-corrected chi connectivity index (χ1v) is 17.6. The Bertz CT molecular complexity index is 1580. The van der Waals surface area contributed by atoms with Crippen molar-refractivity contribution in [2.75, 3.05) is 52.4 Å². The topological polar surface area (TPSA) is 106 Å². The maximum absolute atomic E-state index is 13.9. The van der Waals surface area contributed by atoms with Crippen LogP contribution < -0.4 is 5.32 Å². The molecular weight excluding hydrogens is 616 g/mol. The largest absolute Gasteiger partial charge is 0.342 e. The van der Waals surface area contributed by atoms with Crippen molar-refractivity contribution in [3.63, 3.8) is 0 Å². The number of likely N-dealkylation sites (tertiary alicyclic amines) is 2. The lowest BCUT2D eigenvalue weighted by Gasteiger charge is -2.44. The van der Waals surface area contributed by atoms with Crippen molar-refractivity contribution in [3.05, 3.63) is 78.4 Å². The fourth-order valence-corrected chi connectivity index (χ4v) is 7.57. The molecule has 0 radical (unpaired) electrons. The van der Waals surface area contributed by atoms with Crippen LogP contribution >= 0.6 is 0 Å². The third-order valence-electron chi connectivity index (χ3n) is 10.3. The van der Waals surface area contributed by atoms with E-state index >= 15 is 0 Å². The number of hydrogen-bond acceptors (Lipinski definition) is 6. The predicted molar refractivity (Wildman–Crippen MR) is 189 cm³/mol. The van der Waals surface area contributed by atoms with Crippen molar-refractivity contribution < 1.29 is 19.2 Å². The summed E-state index contributed by atoms with van der Waals surface area (Å²) in [5, 5.41) is 2.73. The lowest BCUT2D eigenvalue weighted by atomic mass is 9.92. The first kappa shape index (κ1) is 34.3. The molecule has 4 heterocycles. The molecule has 49 heavy (non-hydrogen) atoms. The molecular formula is C39H48N6O4. The minimum absolute atomic E-state index is 0.0308. The number of hydrogen-bond donors (Lipinski definition) is 1. The summed E-state index contributed by atoms with van der Waals surface area (Å²) in [5.74, 6) is -0.183. The van der Waals surface area contributed by atoms with E-state index in [1.807, 2.05) is 82.6 Å². The number of piperazine rings is 1. The zero-order chi connectivity index (χ0) is 34.5. The van der Waals surface area contributed by atoms with Crippen LogP contribution in [0.5, 0.6) is 0 Å². The normalized spacial score (nSPS) is 18.3. The second-order valence-corrected chi connectivity index (χ2v) is 14.1. The van der Waals surface area contributed by atoms with Crippen molar-refractivity contribution >= 4 is 23.6 Å². The van der Waals surface area contributed by atoms with Crippen LogP contribution in [0.3, 0.4) is 0 Å². The molecule has 3 aromatic rings. The summed E-state index contributed by atoms with van der Waals surface area (Å²) in [5.41, 5.74) is 3.23. The average molecular weight is 665 g/mol. The van der Waals surface area contributed by atoms with Crippen LogP contribution in [-0.4, -0.2) is 112 Å². The van der Waals surface area contributed by atoms with Gasteiger partial charge in [0.15, 0.2) is 0 Å². The Kier molecular flexibility index (Phi) is 10.4. The third-order valence-corrected chi connectivity index (χ3v) is 10.3. The molecule has 3 aliphatic heterocycles. The van der Waals surface area contributed by atoms with Crippen LogP contribution in [0.2, 0.25) is 0 Å². The summed E-state index contributed by atoms with van der Waals surface area (Å²) in [6.07, 6.45) is 3.14. The Balaban J connectivity index is 1.00. The standard InChI is InChI=1S/C39H48N6O4/c1-28(46)41-39(2,3)38(49)45-18-14-31(15-19-45)36(47)43-20-16-33(17-21-43)42-22-24-44(25-23-42)37(48)32-26-34(29-10-6-4-7-11-29)40-35(27-32)30-12-8-5-9-13-30/h4-13,26-27,31,33H,14-25H2,1-3H3,(H,41,46). The van der Waals surface area contributed by atoms with E-state index in [1.165, 1.54) is 6.92 Å². The summed E-state index contributed by atoms with van der Waals surface area (Å²) >= 11 is 0. The Morgan fingerprint density at radius 1 is 0.673 bits per heavy atom. The quantitative estimate of drug-likeness (QED) is 0.404. The summed E-state index contributed by atoms with van der Waals surface area (Å²) in [4.78, 5) is 65.0. The molecule has 1 N–H and O–H groups in total. The number of nitrogens with zero attached hydrogens (tertiary/aromatic N) is 5. The van der Waals surface area contributed by atoms with Crippen LogP contribution in [0.25, 0.3) is 22.5 Å². The monoisotopic (exact) mass is 664 g/mol. The van der Waals surface area contributed by atoms with Crippen molar-refractivity contribution in [2.24, 2.45) is 5.92 Å². The van der Waals surface area contributed by atoms with Gasteiger partial charge in [0.05, 0.1) is 11.4 Å². The van der Waals surface area contributed by atoms with Gasteiger partial charge in [0.2, 0.25) is 17.7 Å². The average Bonchev–Trinajstić information content (AvgIpc) is 3.14. The lowest BCUT2D eigenvalue weighted by Crippen LogP contribution is -2.57. The van der Waals surface area contributed by atoms with Gasteiger partial charge < -0.3 is 20.0 Å². The molecule has 0 aliphatic carbocycles. The van der Waals surface area contributed by atoms with Crippen molar-refractivity contribution in [1.82, 2.24) is 29.9 Å². The zero-order valence-electron chi connectivity index (χ0n) is 28.9. The molecule has 2 aromatic carbocycles. The van der Waals surface area contributed by atoms with E-state index in [9.17, 15) is 19.2 Å². The highest BCUT2D eigenvalue weighted by atomic mass is 16.2. The van der Waals surface area contributed by atoms with Gasteiger partial charge in [-0.1, -0.05) is 60.7 Å². The molecule has 0 bridgehead atoms. The summed E-state index contributed by atoms with van der Waals surface area (Å²) in [6.45, 7) is 10.3. The predicted octanol–water partition coefficient (Wildman–Crippen LogP) is 4.32. The molecule has 10 nitrogen and oxygen atoms in total. The van der Waals surface area contributed by atoms with Gasteiger partial charge in [-0.25, -0.2) is 4.98 Å². The zero-order valence-corrected chi connectivity index (χ0v) is 28.9. The number of piperidine rings is 2. The molecule has 4 amide bonds. The molecule has 10 heteroatoms. The minimum atomic E-state index is -0.958. The molecule has 0 unspecified atom stereocenters. The molecule has 3 saturated heterocycles. The fourth-order valence-electron chi connectivity index (χ4n) is 7.57. The maximum Gasteiger partial charge on any atom is 0.254 e. The van der Waals surface area contributed by atoms with Crippen LogP contribution in [-0.2, 0) is 14.4 Å². The summed E-state index contributed by atoms with van der Waals surface area (Å²) < 4.78 is 0. The Morgan fingerprint density at radius 2 is 1.18 bits per heavy atom. The van der Waals surface area contributed by atoms with Gasteiger partial charge in [0, 0.05) is 87.9 Å². The van der Waals surface area contributed by atoms with E-state index in [1.54, 1.807) is 18.7 Å². The van der Waals surface area contributed by atoms with Gasteiger partial charge in [-0.15, -0.1) is 0 Å². The van der Waals surface area contributed by atoms with Gasteiger partial charge in [-0.3, -0.25) is 24.1 Å². The van der Waals surface area contributed by atoms with Gasteiger partial charge in [-0.05, 0) is 51.7 Å². The number of carbonyl (C=O) groups is 4. The van der Waals surface area contributed by atoms with E-state index in [-0.39, 0.29) is 29.5 Å². The number of nitrogens with one attached hydrogen (secondary N) is 1. The number of carbonyl (C=O) groups excluding carboxylic acids is 4. The lowest BCUT2D eigenvalue weighted by molar-refractivity contribution is -0.145. The molecule has 3 fully saturated rings. The molecule has 1 aromatic heterocycles. The van der Waals surface area contributed by atoms with Crippen LogP contribution in [0.15, 0.2) is 72.8 Å². The highest BCUT2D eigenvalue weighted by Gasteiger charge is 2.38. The van der Waals surface area contributed by atoms with E-state index < -0.39 is 5.54 Å². The van der Waals surface area contributed by atoms with E-state index in [0.29, 0.717) is 50.6 Å². The molecule has 0 saturated carbocycles. The first-order valence-electron chi connectivity index (χ1n) is 17.6. The molecule has 0 spiro atoms. The third kappa shape index (κ3) is 8.02. The van der Waals surface area contributed by atoms with Crippen molar-refractivity contribution in [1.29, 1.82) is 0 Å². The molecule has 6 rings (SSSR count). The van der Waals surface area contributed by atoms with Crippen molar-refractivity contribution in [3.8, 4) is 22.5 Å². The van der Waals surface area contributed by atoms with Gasteiger partial charge in [-0.2, -0.15) is 0 Å². The van der Waals surface area contributed by atoms with Crippen LogP contribution in [0.1, 0.15) is 56.8 Å². The number of pyridine rings is 1. The number of benzene rings is 2. The van der Waals surface area contributed by atoms with Crippen molar-refractivity contribution in [2.45, 2.75) is 58.0 Å². The summed E-state index contributed by atoms with van der Waals surface area (Å²) in [7, 11) is 0. The number of aromatic nitrogens is 1. The second kappa shape index (κ2) is 14.9. The smallest absolute Gasteiger partial charge is 0.254 e. The van der Waals surface area contributed by atoms with E-state index in [4.69, 9.17) is 4.98 Å². The maximum atomic E-state index is 13.9. The summed E-state index contributed by atoms with van der Waals surface area (Å²) in [6, 6.07) is 24.2. The van der Waals surface area contributed by atoms with E-state index in [2.05, 4.69) is 10.2 Å². The van der Waals surface area contributed by atoms with E-state index in [0.717, 1.165) is 61.5 Å². The first-order chi connectivity index (χ1) is 23.6. The van der Waals surface area contributed by atoms with Gasteiger partial charge >= 0.3 is 0 Å². The van der Waals surface area contributed by atoms with Crippen LogP contribution in [0, 0.1) is 5.92 Å². The molecule has 258 valence electrons. The number of rotatable bonds is 7. The molecule has 0 atom stereocenters. The highest BCUT2D eigenvalue weighted by molar-refractivity contribution is 5.96.